The summed E-state index contributed by atoms with van der Waals surface area (Å²) in [5.41, 5.74) is 4.77. The van der Waals surface area contributed by atoms with Gasteiger partial charge in [0.05, 0.1) is 19.1 Å². The quantitative estimate of drug-likeness (QED) is 0.375. The number of hydrogen-bond donors (Lipinski definition) is 0. The van der Waals surface area contributed by atoms with Crippen LogP contribution in [0.2, 0.25) is 0 Å². The van der Waals surface area contributed by atoms with Crippen molar-refractivity contribution in [2.24, 2.45) is 5.92 Å². The van der Waals surface area contributed by atoms with Gasteiger partial charge in [0, 0.05) is 0 Å². The van der Waals surface area contributed by atoms with Gasteiger partial charge in [0.25, 0.3) is 0 Å². The summed E-state index contributed by atoms with van der Waals surface area (Å²) in [6.07, 6.45) is 5.26. The fourth-order valence-electron chi connectivity index (χ4n) is 4.92. The van der Waals surface area contributed by atoms with Gasteiger partial charge in [-0.15, -0.1) is 0 Å². The van der Waals surface area contributed by atoms with Crippen LogP contribution in [0.4, 0.5) is 0 Å². The summed E-state index contributed by atoms with van der Waals surface area (Å²) in [5, 5.41) is 0. The monoisotopic (exact) mass is 435 g/mol. The Morgan fingerprint density at radius 3 is 2.25 bits per heavy atom. The van der Waals surface area contributed by atoms with E-state index in [0.717, 1.165) is 25.1 Å². The lowest BCUT2D eigenvalue weighted by Crippen LogP contribution is -2.35. The molecule has 1 aliphatic rings. The van der Waals surface area contributed by atoms with Gasteiger partial charge < -0.3 is 4.74 Å². The average Bonchev–Trinajstić information content (AvgIpc) is 2.83. The number of hydrogen-bond acceptors (Lipinski definition) is 4. The molecular weight excluding hydrogens is 398 g/mol. The van der Waals surface area contributed by atoms with Crippen molar-refractivity contribution in [3.63, 3.8) is 0 Å². The van der Waals surface area contributed by atoms with Gasteiger partial charge in [0.2, 0.25) is 5.78 Å². The highest BCUT2D eigenvalue weighted by molar-refractivity contribution is 6.35. The Kier molecular flexibility index (Phi) is 8.63. The van der Waals surface area contributed by atoms with E-state index in [0.29, 0.717) is 12.3 Å². The summed E-state index contributed by atoms with van der Waals surface area (Å²) in [7, 11) is 1.27. The molecule has 4 nitrogen and oxygen atoms in total. The summed E-state index contributed by atoms with van der Waals surface area (Å²) < 4.78 is 4.76. The predicted molar refractivity (Wildman–Crippen MR) is 129 cm³/mol. The molecule has 0 N–H and O–H groups in total. The molecule has 2 aromatic carbocycles. The SMILES string of the molecule is CCc1cc(C(CC(C)C)C(=O)C(=O)OC)ccc1C(c1ccccc1)N1CCCCC1. The molecular formula is C28H37NO3. The molecule has 0 spiro atoms. The predicted octanol–water partition coefficient (Wildman–Crippen LogP) is 5.70. The van der Waals surface area contributed by atoms with Crippen LogP contribution in [-0.4, -0.2) is 36.9 Å². The molecule has 0 bridgehead atoms. The van der Waals surface area contributed by atoms with Crippen molar-refractivity contribution in [3.8, 4) is 0 Å². The molecule has 0 aromatic heterocycles. The number of carbonyl (C=O) groups is 2. The normalized spacial score (nSPS) is 16.5. The highest BCUT2D eigenvalue weighted by atomic mass is 16.5. The number of methoxy groups -OCH3 is 1. The third-order valence-corrected chi connectivity index (χ3v) is 6.53. The van der Waals surface area contributed by atoms with E-state index in [4.69, 9.17) is 4.74 Å². The van der Waals surface area contributed by atoms with Crippen LogP contribution in [0.3, 0.4) is 0 Å². The number of ether oxygens (including phenoxy) is 1. The Morgan fingerprint density at radius 1 is 0.969 bits per heavy atom. The van der Waals surface area contributed by atoms with Crippen LogP contribution in [0.5, 0.6) is 0 Å². The maximum atomic E-state index is 12.8. The molecule has 1 fully saturated rings. The van der Waals surface area contributed by atoms with E-state index < -0.39 is 17.7 Å². The van der Waals surface area contributed by atoms with Gasteiger partial charge >= 0.3 is 5.97 Å². The van der Waals surface area contributed by atoms with Crippen LogP contribution in [-0.2, 0) is 20.7 Å². The Labute approximate surface area is 193 Å². The van der Waals surface area contributed by atoms with Gasteiger partial charge in [0.15, 0.2) is 0 Å². The van der Waals surface area contributed by atoms with E-state index in [1.165, 1.54) is 43.1 Å². The number of aryl methyl sites for hydroxylation is 1. The zero-order chi connectivity index (χ0) is 23.1. The first-order valence-corrected chi connectivity index (χ1v) is 12.0. The Morgan fingerprint density at radius 2 is 1.66 bits per heavy atom. The minimum absolute atomic E-state index is 0.209. The Bertz CT molecular complexity index is 900. The molecule has 1 saturated heterocycles. The lowest BCUT2D eigenvalue weighted by Gasteiger charge is -2.36. The summed E-state index contributed by atoms with van der Waals surface area (Å²) in [6.45, 7) is 8.52. The van der Waals surface area contributed by atoms with Crippen molar-refractivity contribution in [1.82, 2.24) is 4.90 Å². The second-order valence-electron chi connectivity index (χ2n) is 9.26. The van der Waals surface area contributed by atoms with Gasteiger partial charge in [-0.05, 0) is 66.9 Å². The third-order valence-electron chi connectivity index (χ3n) is 6.53. The van der Waals surface area contributed by atoms with E-state index in [9.17, 15) is 9.59 Å². The first-order chi connectivity index (χ1) is 15.5. The molecule has 0 amide bonds. The average molecular weight is 436 g/mol. The smallest absolute Gasteiger partial charge is 0.374 e. The first-order valence-electron chi connectivity index (χ1n) is 12.0. The van der Waals surface area contributed by atoms with Crippen LogP contribution in [0, 0.1) is 5.92 Å². The van der Waals surface area contributed by atoms with Crippen molar-refractivity contribution < 1.29 is 14.3 Å². The standard InChI is InChI=1S/C28H37NO3/c1-5-21-19-23(25(18-20(2)3)27(30)28(31)32-4)14-15-24(21)26(22-12-8-6-9-13-22)29-16-10-7-11-17-29/h6,8-9,12-15,19-20,25-26H,5,7,10-11,16-18H2,1-4H3. The molecule has 2 unspecified atom stereocenters. The molecule has 2 aromatic rings. The van der Waals surface area contributed by atoms with Crippen LogP contribution >= 0.6 is 0 Å². The molecule has 172 valence electrons. The zero-order valence-electron chi connectivity index (χ0n) is 20.0. The number of Topliss-reactive ketones (excluding diaryl/α,β-unsaturated/α-hetero) is 1. The molecule has 32 heavy (non-hydrogen) atoms. The fourth-order valence-corrected chi connectivity index (χ4v) is 4.92. The van der Waals surface area contributed by atoms with E-state index in [-0.39, 0.29) is 6.04 Å². The van der Waals surface area contributed by atoms with Crippen molar-refractivity contribution >= 4 is 11.8 Å². The molecule has 1 aliphatic heterocycles. The van der Waals surface area contributed by atoms with Crippen LogP contribution < -0.4 is 0 Å². The minimum Gasteiger partial charge on any atom is -0.463 e. The van der Waals surface area contributed by atoms with Crippen LogP contribution in [0.1, 0.15) is 80.7 Å². The summed E-state index contributed by atoms with van der Waals surface area (Å²) in [6, 6.07) is 17.3. The third kappa shape index (κ3) is 5.66. The van der Waals surface area contributed by atoms with E-state index >= 15 is 0 Å². The second-order valence-corrected chi connectivity index (χ2v) is 9.26. The molecule has 0 aliphatic carbocycles. The minimum atomic E-state index is -0.756. The summed E-state index contributed by atoms with van der Waals surface area (Å²) in [5.74, 6) is -1.38. The number of piperidine rings is 1. The second kappa shape index (κ2) is 11.4. The maximum Gasteiger partial charge on any atom is 0.374 e. The summed E-state index contributed by atoms with van der Waals surface area (Å²) >= 11 is 0. The number of rotatable bonds is 9. The first kappa shape index (κ1) is 24.2. The van der Waals surface area contributed by atoms with Gasteiger partial charge in [-0.2, -0.15) is 0 Å². The van der Waals surface area contributed by atoms with Gasteiger partial charge in [0.1, 0.15) is 0 Å². The Balaban J connectivity index is 2.04. The number of carbonyl (C=O) groups excluding carboxylic acids is 2. The van der Waals surface area contributed by atoms with Crippen molar-refractivity contribution in [3.05, 3.63) is 70.8 Å². The molecule has 0 radical (unpaired) electrons. The van der Waals surface area contributed by atoms with E-state index in [1.54, 1.807) is 0 Å². The van der Waals surface area contributed by atoms with Crippen molar-refractivity contribution in [1.29, 1.82) is 0 Å². The lowest BCUT2D eigenvalue weighted by molar-refractivity contribution is -0.152. The molecule has 3 rings (SSSR count). The van der Waals surface area contributed by atoms with E-state index in [1.807, 2.05) is 0 Å². The van der Waals surface area contributed by atoms with Gasteiger partial charge in [-0.25, -0.2) is 4.79 Å². The lowest BCUT2D eigenvalue weighted by atomic mass is 9.83. The topological polar surface area (TPSA) is 46.6 Å². The fraction of sp³-hybridized carbons (Fsp3) is 0.500. The van der Waals surface area contributed by atoms with Crippen LogP contribution in [0.15, 0.2) is 48.5 Å². The van der Waals surface area contributed by atoms with Crippen LogP contribution in [0.25, 0.3) is 0 Å². The van der Waals surface area contributed by atoms with Crippen molar-refractivity contribution in [2.75, 3.05) is 20.2 Å². The molecule has 4 heteroatoms. The van der Waals surface area contributed by atoms with E-state index in [2.05, 4.69) is 74.2 Å². The van der Waals surface area contributed by atoms with Gasteiger partial charge in [-0.1, -0.05) is 75.7 Å². The van der Waals surface area contributed by atoms with Gasteiger partial charge in [-0.3, -0.25) is 9.69 Å². The number of likely N-dealkylation sites (tertiary alicyclic amines) is 1. The zero-order valence-corrected chi connectivity index (χ0v) is 20.0. The Hall–Kier alpha value is -2.46. The molecule has 0 saturated carbocycles. The largest absolute Gasteiger partial charge is 0.463 e. The van der Waals surface area contributed by atoms with Crippen molar-refractivity contribution in [2.45, 2.75) is 64.8 Å². The number of benzene rings is 2. The molecule has 2 atom stereocenters. The maximum absolute atomic E-state index is 12.8. The highest BCUT2D eigenvalue weighted by Gasteiger charge is 2.30. The number of ketones is 1. The highest BCUT2D eigenvalue weighted by Crippen LogP contribution is 2.36. The summed E-state index contributed by atoms with van der Waals surface area (Å²) in [4.78, 5) is 27.5. The number of nitrogens with zero attached hydrogens (tertiary/aromatic N) is 1. The number of esters is 1. The molecule has 1 heterocycles.